The lowest BCUT2D eigenvalue weighted by atomic mass is 10.1. The van der Waals surface area contributed by atoms with E-state index in [1.807, 2.05) is 4.90 Å². The molecule has 1 saturated carbocycles. The molecule has 2 aliphatic rings. The average molecular weight is 432 g/mol. The van der Waals surface area contributed by atoms with Crippen molar-refractivity contribution in [3.63, 3.8) is 0 Å². The molecule has 1 aliphatic carbocycles. The van der Waals surface area contributed by atoms with Crippen molar-refractivity contribution in [2.24, 2.45) is 5.92 Å². The number of aromatic nitrogens is 3. The first-order chi connectivity index (χ1) is 14.9. The van der Waals surface area contributed by atoms with Gasteiger partial charge < -0.3 is 4.90 Å². The summed E-state index contributed by atoms with van der Waals surface area (Å²) in [6.45, 7) is 2.80. The second-order valence-corrected chi connectivity index (χ2v) is 8.41. The van der Waals surface area contributed by atoms with Crippen LogP contribution >= 0.6 is 0 Å². The van der Waals surface area contributed by atoms with Gasteiger partial charge in [-0.25, -0.2) is 4.39 Å². The molecule has 1 saturated heterocycles. The fourth-order valence-electron chi connectivity index (χ4n) is 4.26. The van der Waals surface area contributed by atoms with Crippen molar-refractivity contribution in [3.05, 3.63) is 59.3 Å². The van der Waals surface area contributed by atoms with E-state index in [0.717, 1.165) is 18.5 Å². The van der Waals surface area contributed by atoms with E-state index < -0.39 is 11.7 Å². The van der Waals surface area contributed by atoms with E-state index in [2.05, 4.69) is 15.1 Å². The van der Waals surface area contributed by atoms with Gasteiger partial charge in [-0.2, -0.15) is 13.2 Å². The summed E-state index contributed by atoms with van der Waals surface area (Å²) in [6, 6.07) is 7.85. The third kappa shape index (κ3) is 4.23. The molecule has 0 unspecified atom stereocenters. The highest BCUT2D eigenvalue weighted by atomic mass is 19.4. The molecule has 2 fully saturated rings. The molecule has 164 valence electrons. The zero-order valence-corrected chi connectivity index (χ0v) is 16.9. The van der Waals surface area contributed by atoms with Crippen molar-refractivity contribution in [2.75, 3.05) is 31.1 Å². The molecule has 0 bridgehead atoms. The van der Waals surface area contributed by atoms with E-state index in [9.17, 15) is 17.6 Å². The number of rotatable bonds is 5. The van der Waals surface area contributed by atoms with Gasteiger partial charge in [0.1, 0.15) is 17.2 Å². The molecule has 2 aromatic heterocycles. The lowest BCUT2D eigenvalue weighted by Crippen LogP contribution is -2.46. The van der Waals surface area contributed by atoms with Crippen LogP contribution in [0.5, 0.6) is 0 Å². The minimum Gasteiger partial charge on any atom is -0.369 e. The lowest BCUT2D eigenvalue weighted by Gasteiger charge is -2.36. The maximum atomic E-state index is 14.0. The van der Waals surface area contributed by atoms with E-state index in [1.165, 1.54) is 16.5 Å². The number of hydrogen-bond donors (Lipinski definition) is 0. The quantitative estimate of drug-likeness (QED) is 0.568. The number of hydrogen-bond acceptors (Lipinski definition) is 4. The van der Waals surface area contributed by atoms with E-state index in [4.69, 9.17) is 0 Å². The first-order valence-electron chi connectivity index (χ1n) is 10.5. The second-order valence-electron chi connectivity index (χ2n) is 8.41. The third-order valence-electron chi connectivity index (χ3n) is 6.15. The summed E-state index contributed by atoms with van der Waals surface area (Å²) in [5, 5.41) is 7.97. The number of anilines is 1. The highest BCUT2D eigenvalue weighted by molar-refractivity contribution is 5.54. The van der Waals surface area contributed by atoms with Gasteiger partial charge in [0.15, 0.2) is 5.65 Å². The number of benzene rings is 1. The zero-order chi connectivity index (χ0) is 21.6. The standard InChI is InChI=1S/C22H23F4N5/c23-17-3-5-18(6-4-17)30-11-9-29(10-12-30)14-16-7-8-31-19(13-15-1-2-15)27-28-21(31)20(16)22(24,25)26/h3-8,15H,1-2,9-14H2/i23-1. The summed E-state index contributed by atoms with van der Waals surface area (Å²) < 4.78 is 56.6. The van der Waals surface area contributed by atoms with Crippen LogP contribution in [0, 0.1) is 11.7 Å². The van der Waals surface area contributed by atoms with E-state index >= 15 is 0 Å². The molecule has 5 rings (SSSR count). The summed E-state index contributed by atoms with van der Waals surface area (Å²) in [5.41, 5.74) is 0.349. The van der Waals surface area contributed by atoms with Gasteiger partial charge in [-0.05, 0) is 54.7 Å². The number of halogens is 4. The van der Waals surface area contributed by atoms with Crippen LogP contribution in [0.15, 0.2) is 36.5 Å². The Labute approximate surface area is 177 Å². The average Bonchev–Trinajstić information content (AvgIpc) is 3.47. The second kappa shape index (κ2) is 7.78. The van der Waals surface area contributed by atoms with Gasteiger partial charge in [0.25, 0.3) is 0 Å². The van der Waals surface area contributed by atoms with Crippen LogP contribution in [0.2, 0.25) is 0 Å². The van der Waals surface area contributed by atoms with Gasteiger partial charge in [0.05, 0.1) is 0 Å². The Morgan fingerprint density at radius 1 is 0.935 bits per heavy atom. The number of fused-ring (bicyclic) bond motifs is 1. The highest BCUT2D eigenvalue weighted by Crippen LogP contribution is 2.37. The van der Waals surface area contributed by atoms with Crippen LogP contribution in [0.25, 0.3) is 5.65 Å². The van der Waals surface area contributed by atoms with Crippen molar-refractivity contribution in [3.8, 4) is 0 Å². The van der Waals surface area contributed by atoms with Gasteiger partial charge in [-0.15, -0.1) is 10.2 Å². The summed E-state index contributed by atoms with van der Waals surface area (Å²) in [5.74, 6) is 0.826. The van der Waals surface area contributed by atoms with Gasteiger partial charge in [-0.3, -0.25) is 9.30 Å². The van der Waals surface area contributed by atoms with Crippen LogP contribution in [0.3, 0.4) is 0 Å². The summed E-state index contributed by atoms with van der Waals surface area (Å²) in [4.78, 5) is 4.13. The summed E-state index contributed by atoms with van der Waals surface area (Å²) in [6.07, 6.45) is 0.0409. The van der Waals surface area contributed by atoms with Gasteiger partial charge in [0.2, 0.25) is 0 Å². The predicted molar refractivity (Wildman–Crippen MR) is 108 cm³/mol. The number of nitrogens with zero attached hydrogens (tertiary/aromatic N) is 5. The Morgan fingerprint density at radius 3 is 2.29 bits per heavy atom. The molecule has 1 aliphatic heterocycles. The molecule has 0 N–H and O–H groups in total. The van der Waals surface area contributed by atoms with Crippen molar-refractivity contribution >= 4 is 11.3 Å². The lowest BCUT2D eigenvalue weighted by molar-refractivity contribution is -0.137. The molecule has 0 spiro atoms. The fourth-order valence-corrected chi connectivity index (χ4v) is 4.26. The van der Waals surface area contributed by atoms with Crippen molar-refractivity contribution in [2.45, 2.75) is 32.0 Å². The molecule has 3 heterocycles. The smallest absolute Gasteiger partial charge is 0.369 e. The molecule has 5 nitrogen and oxygen atoms in total. The Kier molecular flexibility index (Phi) is 5.08. The molecule has 1 aromatic carbocycles. The molecular formula is C22H23F4N5. The Bertz CT molecular complexity index is 1060. The molecule has 3 aromatic rings. The molecular weight excluding hydrogens is 409 g/mol. The summed E-state index contributed by atoms with van der Waals surface area (Å²) in [7, 11) is 0. The number of alkyl halides is 3. The van der Waals surface area contributed by atoms with Crippen LogP contribution in [-0.2, 0) is 19.1 Å². The molecule has 0 radical (unpaired) electrons. The van der Waals surface area contributed by atoms with Crippen LogP contribution in [0.1, 0.15) is 29.8 Å². The maximum Gasteiger partial charge on any atom is 0.420 e. The zero-order valence-electron chi connectivity index (χ0n) is 16.9. The molecule has 0 amide bonds. The van der Waals surface area contributed by atoms with Crippen LogP contribution in [-0.4, -0.2) is 45.7 Å². The predicted octanol–water partition coefficient (Wildman–Crippen LogP) is 4.16. The minimum atomic E-state index is -4.50. The van der Waals surface area contributed by atoms with E-state index in [-0.39, 0.29) is 23.6 Å². The topological polar surface area (TPSA) is 36.7 Å². The SMILES string of the molecule is FC(F)(F)c1c(CN2CCN(c3ccc([18F])cc3)CC2)ccn2c(CC3CC3)nnc12. The van der Waals surface area contributed by atoms with Gasteiger partial charge in [-0.1, -0.05) is 0 Å². The third-order valence-corrected chi connectivity index (χ3v) is 6.15. The Balaban J connectivity index is 1.34. The highest BCUT2D eigenvalue weighted by Gasteiger charge is 2.38. The molecule has 0 atom stereocenters. The van der Waals surface area contributed by atoms with Crippen molar-refractivity contribution < 1.29 is 17.6 Å². The Hall–Kier alpha value is -2.68. The molecule has 9 heteroatoms. The normalized spacial score (nSPS) is 18.1. The van der Waals surface area contributed by atoms with Crippen molar-refractivity contribution in [1.82, 2.24) is 19.5 Å². The van der Waals surface area contributed by atoms with Gasteiger partial charge in [0, 0.05) is 51.0 Å². The minimum absolute atomic E-state index is 0.106. The van der Waals surface area contributed by atoms with Crippen LogP contribution < -0.4 is 4.90 Å². The van der Waals surface area contributed by atoms with Crippen molar-refractivity contribution in [1.29, 1.82) is 0 Å². The van der Waals surface area contributed by atoms with Gasteiger partial charge >= 0.3 is 6.18 Å². The van der Waals surface area contributed by atoms with Crippen LogP contribution in [0.4, 0.5) is 23.2 Å². The largest absolute Gasteiger partial charge is 0.420 e. The first-order valence-corrected chi connectivity index (χ1v) is 10.5. The van der Waals surface area contributed by atoms with E-state index in [1.54, 1.807) is 24.4 Å². The number of piperazine rings is 1. The number of pyridine rings is 1. The monoisotopic (exact) mass is 432 g/mol. The molecule has 31 heavy (non-hydrogen) atoms. The van der Waals surface area contributed by atoms with E-state index in [0.29, 0.717) is 44.3 Å². The maximum absolute atomic E-state index is 14.0. The summed E-state index contributed by atoms with van der Waals surface area (Å²) >= 11 is 0. The fraction of sp³-hybridized carbons (Fsp3) is 0.455. The Morgan fingerprint density at radius 2 is 1.65 bits per heavy atom. The first kappa shape index (κ1) is 20.2.